The van der Waals surface area contributed by atoms with E-state index < -0.39 is 0 Å². The minimum Gasteiger partial charge on any atom is -0.456 e. The number of nitrogens with two attached hydrogens (primary N) is 1. The molecule has 0 saturated heterocycles. The van der Waals surface area contributed by atoms with Gasteiger partial charge in [0.05, 0.1) is 0 Å². The van der Waals surface area contributed by atoms with E-state index in [1.165, 1.54) is 11.1 Å². The van der Waals surface area contributed by atoms with E-state index >= 15 is 0 Å². The average Bonchev–Trinajstić information content (AvgIpc) is 2.47. The Labute approximate surface area is 124 Å². The summed E-state index contributed by atoms with van der Waals surface area (Å²) in [5, 5.41) is 1.89. The molecule has 2 N–H and O–H groups in total. The highest BCUT2D eigenvalue weighted by molar-refractivity contribution is 5.96. The highest BCUT2D eigenvalue weighted by Crippen LogP contribution is 2.34. The topological polar surface area (TPSA) is 48.1 Å². The number of nitrogen functional groups attached to an aromatic ring is 1. The van der Waals surface area contributed by atoms with Crippen molar-refractivity contribution in [1.29, 1.82) is 0 Å². The van der Waals surface area contributed by atoms with E-state index in [0.717, 1.165) is 33.5 Å². The van der Waals surface area contributed by atoms with Crippen LogP contribution in [0.2, 0.25) is 0 Å². The number of anilines is 1. The number of pyridine rings is 1. The number of hydrogen-bond donors (Lipinski definition) is 1. The molecule has 0 atom stereocenters. The van der Waals surface area contributed by atoms with Crippen molar-refractivity contribution in [2.75, 3.05) is 5.73 Å². The Morgan fingerprint density at radius 3 is 2.57 bits per heavy atom. The lowest BCUT2D eigenvalue weighted by molar-refractivity contribution is 0.483. The summed E-state index contributed by atoms with van der Waals surface area (Å²) in [4.78, 5) is 4.18. The third-order valence-corrected chi connectivity index (χ3v) is 3.80. The van der Waals surface area contributed by atoms with Crippen LogP contribution in [0.15, 0.2) is 42.7 Å². The van der Waals surface area contributed by atoms with Gasteiger partial charge in [0, 0.05) is 28.9 Å². The zero-order chi connectivity index (χ0) is 15.0. The minimum atomic E-state index is 0.733. The van der Waals surface area contributed by atoms with Gasteiger partial charge in [0.15, 0.2) is 0 Å². The van der Waals surface area contributed by atoms with Gasteiger partial charge in [-0.25, -0.2) is 0 Å². The summed E-state index contributed by atoms with van der Waals surface area (Å²) in [6.45, 7) is 6.24. The summed E-state index contributed by atoms with van der Waals surface area (Å²) in [5.74, 6) is 1.66. The molecule has 21 heavy (non-hydrogen) atoms. The molecule has 0 fully saturated rings. The zero-order valence-corrected chi connectivity index (χ0v) is 12.5. The Balaban J connectivity index is 2.13. The van der Waals surface area contributed by atoms with Crippen LogP contribution in [0, 0.1) is 20.8 Å². The molecule has 0 bridgehead atoms. The van der Waals surface area contributed by atoms with Crippen LogP contribution in [-0.2, 0) is 0 Å². The summed E-state index contributed by atoms with van der Waals surface area (Å²) in [6.07, 6.45) is 3.53. The molecular weight excluding hydrogens is 260 g/mol. The van der Waals surface area contributed by atoms with E-state index in [9.17, 15) is 0 Å². The van der Waals surface area contributed by atoms with Crippen LogP contribution in [0.1, 0.15) is 16.7 Å². The van der Waals surface area contributed by atoms with E-state index in [1.807, 2.05) is 18.2 Å². The quantitative estimate of drug-likeness (QED) is 0.700. The summed E-state index contributed by atoms with van der Waals surface area (Å²) in [5.41, 5.74) is 10.3. The molecule has 0 aliphatic carbocycles. The predicted molar refractivity (Wildman–Crippen MR) is 86.9 cm³/mol. The van der Waals surface area contributed by atoms with Crippen molar-refractivity contribution in [3.8, 4) is 11.5 Å². The number of aromatic nitrogens is 1. The fourth-order valence-electron chi connectivity index (χ4n) is 2.50. The van der Waals surface area contributed by atoms with Crippen molar-refractivity contribution >= 4 is 16.5 Å². The van der Waals surface area contributed by atoms with Gasteiger partial charge < -0.3 is 10.5 Å². The van der Waals surface area contributed by atoms with Crippen molar-refractivity contribution in [3.05, 3.63) is 59.4 Å². The number of aryl methyl sites for hydroxylation is 2. The van der Waals surface area contributed by atoms with E-state index in [2.05, 4.69) is 37.9 Å². The van der Waals surface area contributed by atoms with Gasteiger partial charge in [0.1, 0.15) is 11.5 Å². The fourth-order valence-corrected chi connectivity index (χ4v) is 2.50. The smallest absolute Gasteiger partial charge is 0.136 e. The van der Waals surface area contributed by atoms with Gasteiger partial charge >= 0.3 is 0 Å². The molecule has 2 aromatic carbocycles. The predicted octanol–water partition coefficient (Wildman–Crippen LogP) is 4.53. The monoisotopic (exact) mass is 278 g/mol. The molecule has 0 radical (unpaired) electrons. The van der Waals surface area contributed by atoms with Crippen LogP contribution < -0.4 is 10.5 Å². The van der Waals surface area contributed by atoms with E-state index in [0.29, 0.717) is 0 Å². The Hall–Kier alpha value is -2.55. The summed E-state index contributed by atoms with van der Waals surface area (Å²) >= 11 is 0. The maximum absolute atomic E-state index is 6.14. The van der Waals surface area contributed by atoms with Gasteiger partial charge in [-0.15, -0.1) is 0 Å². The normalized spacial score (nSPS) is 10.8. The first kappa shape index (κ1) is 13.4. The van der Waals surface area contributed by atoms with E-state index in [4.69, 9.17) is 10.5 Å². The van der Waals surface area contributed by atoms with Gasteiger partial charge in [-0.3, -0.25) is 4.98 Å². The standard InChI is InChI=1S/C18H18N2O/c1-11-8-12(2)13(3)18(9-11)21-17-5-4-16(19)14-6-7-20-10-15(14)17/h4-10H,19H2,1-3H3. The molecule has 0 amide bonds. The second kappa shape index (κ2) is 5.09. The SMILES string of the molecule is Cc1cc(C)c(C)c(Oc2ccc(N)c3ccncc23)c1. The van der Waals surface area contributed by atoms with Gasteiger partial charge in [0.2, 0.25) is 0 Å². The molecule has 3 aromatic rings. The van der Waals surface area contributed by atoms with Crippen molar-refractivity contribution in [2.24, 2.45) is 0 Å². The highest BCUT2D eigenvalue weighted by Gasteiger charge is 2.09. The van der Waals surface area contributed by atoms with E-state index in [-0.39, 0.29) is 0 Å². The molecule has 1 aromatic heterocycles. The zero-order valence-electron chi connectivity index (χ0n) is 12.5. The summed E-state index contributed by atoms with van der Waals surface area (Å²) in [7, 11) is 0. The number of rotatable bonds is 2. The third-order valence-electron chi connectivity index (χ3n) is 3.80. The molecule has 3 rings (SSSR count). The average molecular weight is 278 g/mol. The number of hydrogen-bond acceptors (Lipinski definition) is 3. The maximum atomic E-state index is 6.14. The number of benzene rings is 2. The Morgan fingerprint density at radius 2 is 1.76 bits per heavy atom. The van der Waals surface area contributed by atoms with Crippen molar-refractivity contribution < 1.29 is 4.74 Å². The first-order valence-electron chi connectivity index (χ1n) is 6.94. The number of ether oxygens (including phenoxy) is 1. The second-order valence-corrected chi connectivity index (χ2v) is 5.38. The lowest BCUT2D eigenvalue weighted by Crippen LogP contribution is -1.94. The minimum absolute atomic E-state index is 0.733. The molecule has 0 unspecified atom stereocenters. The molecule has 0 aliphatic rings. The second-order valence-electron chi connectivity index (χ2n) is 5.38. The first-order valence-corrected chi connectivity index (χ1v) is 6.94. The first-order chi connectivity index (χ1) is 10.1. The lowest BCUT2D eigenvalue weighted by Gasteiger charge is -2.14. The van der Waals surface area contributed by atoms with Gasteiger partial charge in [-0.1, -0.05) is 6.07 Å². The highest BCUT2D eigenvalue weighted by atomic mass is 16.5. The number of nitrogens with zero attached hydrogens (tertiary/aromatic N) is 1. The fraction of sp³-hybridized carbons (Fsp3) is 0.167. The maximum Gasteiger partial charge on any atom is 0.136 e. The van der Waals surface area contributed by atoms with Crippen LogP contribution in [0.3, 0.4) is 0 Å². The van der Waals surface area contributed by atoms with E-state index in [1.54, 1.807) is 12.4 Å². The molecule has 106 valence electrons. The summed E-state index contributed by atoms with van der Waals surface area (Å²) < 4.78 is 6.14. The molecule has 3 heteroatoms. The van der Waals surface area contributed by atoms with Crippen LogP contribution in [0.4, 0.5) is 5.69 Å². The van der Waals surface area contributed by atoms with Gasteiger partial charge in [-0.2, -0.15) is 0 Å². The lowest BCUT2D eigenvalue weighted by atomic mass is 10.1. The molecule has 0 aliphatic heterocycles. The summed E-state index contributed by atoms with van der Waals surface area (Å²) in [6, 6.07) is 9.89. The molecular formula is C18H18N2O. The Kier molecular flexibility index (Phi) is 3.26. The Morgan fingerprint density at radius 1 is 0.952 bits per heavy atom. The van der Waals surface area contributed by atoms with Gasteiger partial charge in [-0.05, 0) is 61.7 Å². The van der Waals surface area contributed by atoms with Crippen LogP contribution in [-0.4, -0.2) is 4.98 Å². The van der Waals surface area contributed by atoms with Crippen molar-refractivity contribution in [1.82, 2.24) is 4.98 Å². The molecule has 3 nitrogen and oxygen atoms in total. The molecule has 1 heterocycles. The van der Waals surface area contributed by atoms with Crippen LogP contribution >= 0.6 is 0 Å². The molecule has 0 spiro atoms. The third kappa shape index (κ3) is 2.42. The Bertz CT molecular complexity index is 825. The van der Waals surface area contributed by atoms with Gasteiger partial charge in [0.25, 0.3) is 0 Å². The molecule has 0 saturated carbocycles. The largest absolute Gasteiger partial charge is 0.456 e. The van der Waals surface area contributed by atoms with Crippen molar-refractivity contribution in [3.63, 3.8) is 0 Å². The number of fused-ring (bicyclic) bond motifs is 1. The van der Waals surface area contributed by atoms with Crippen molar-refractivity contribution in [2.45, 2.75) is 20.8 Å². The van der Waals surface area contributed by atoms with Crippen LogP contribution in [0.5, 0.6) is 11.5 Å². The van der Waals surface area contributed by atoms with Crippen LogP contribution in [0.25, 0.3) is 10.8 Å².